The lowest BCUT2D eigenvalue weighted by atomic mass is 10.3. The van der Waals surface area contributed by atoms with E-state index >= 15 is 0 Å². The maximum atomic E-state index is 11.2. The summed E-state index contributed by atoms with van der Waals surface area (Å²) in [4.78, 5) is 11.2. The van der Waals surface area contributed by atoms with Gasteiger partial charge in [0.1, 0.15) is 17.0 Å². The van der Waals surface area contributed by atoms with Crippen molar-refractivity contribution in [2.45, 2.75) is 17.0 Å². The van der Waals surface area contributed by atoms with Gasteiger partial charge in [0.05, 0.1) is 11.3 Å². The minimum atomic E-state index is -0.364. The van der Waals surface area contributed by atoms with Crippen LogP contribution in [0.5, 0.6) is 0 Å². The quantitative estimate of drug-likeness (QED) is 0.377. The molecule has 0 aliphatic heterocycles. The van der Waals surface area contributed by atoms with E-state index in [0.29, 0.717) is 17.1 Å². The maximum Gasteiger partial charge on any atom is 0.268 e. The largest absolute Gasteiger partial charge is 0.468 e. The number of furan rings is 1. The van der Waals surface area contributed by atoms with E-state index in [2.05, 4.69) is 10.2 Å². The van der Waals surface area contributed by atoms with E-state index in [1.54, 1.807) is 6.07 Å². The van der Waals surface area contributed by atoms with Gasteiger partial charge in [-0.3, -0.25) is 10.2 Å². The molecular weight excluding hydrogens is 260 g/mol. The number of nitrogens with one attached hydrogen (secondary N) is 1. The zero-order chi connectivity index (χ0) is 12.3. The summed E-state index contributed by atoms with van der Waals surface area (Å²) < 4.78 is 6.11. The normalized spacial score (nSPS) is 10.5. The number of carbonyl (C=O) groups excluding carboxylic acids is 1. The topological polar surface area (TPSA) is 94.0 Å². The molecule has 0 unspecified atom stereocenters. The summed E-state index contributed by atoms with van der Waals surface area (Å²) in [6, 6.07) is 1.66. The molecule has 2 aromatic heterocycles. The fraction of sp³-hybridized carbons (Fsp3) is 0.222. The van der Waals surface area contributed by atoms with E-state index in [1.165, 1.54) is 29.4 Å². The molecule has 8 heteroatoms. The van der Waals surface area contributed by atoms with Crippen LogP contribution in [0.2, 0.25) is 0 Å². The molecule has 0 aliphatic carbocycles. The van der Waals surface area contributed by atoms with Gasteiger partial charge in [-0.2, -0.15) is 0 Å². The van der Waals surface area contributed by atoms with Crippen LogP contribution in [-0.2, 0) is 5.75 Å². The van der Waals surface area contributed by atoms with E-state index in [4.69, 9.17) is 10.3 Å². The number of carbonyl (C=O) groups is 1. The number of nitrogen functional groups attached to an aromatic ring is 1. The highest BCUT2D eigenvalue weighted by atomic mass is 32.2. The van der Waals surface area contributed by atoms with Gasteiger partial charge in [0.15, 0.2) is 4.34 Å². The van der Waals surface area contributed by atoms with Gasteiger partial charge in [0.25, 0.3) is 5.91 Å². The highest BCUT2D eigenvalue weighted by Crippen LogP contribution is 2.26. The lowest BCUT2D eigenvalue weighted by molar-refractivity contribution is 0.0953. The monoisotopic (exact) mass is 270 g/mol. The zero-order valence-corrected chi connectivity index (χ0v) is 10.6. The third-order valence-corrected chi connectivity index (χ3v) is 3.89. The van der Waals surface area contributed by atoms with Crippen molar-refractivity contribution in [1.29, 1.82) is 0 Å². The summed E-state index contributed by atoms with van der Waals surface area (Å²) in [5.41, 5.74) is 2.46. The molecule has 0 aromatic carbocycles. The van der Waals surface area contributed by atoms with E-state index in [9.17, 15) is 4.79 Å². The van der Waals surface area contributed by atoms with Crippen LogP contribution in [0.4, 0.5) is 0 Å². The van der Waals surface area contributed by atoms with E-state index < -0.39 is 0 Å². The average Bonchev–Trinajstić information content (AvgIpc) is 2.94. The molecule has 6 nitrogen and oxygen atoms in total. The molecular formula is C9H10N4O2S2. The highest BCUT2D eigenvalue weighted by molar-refractivity contribution is 8.00. The lowest BCUT2D eigenvalue weighted by Crippen LogP contribution is -2.29. The standard InChI is InChI=1S/C9H10N4O2S2/c1-5-12-13-9(17-5)16-4-7-2-6(3-15-7)8(14)11-10/h2-3H,4,10H2,1H3,(H,11,14). The number of nitrogens with two attached hydrogens (primary N) is 1. The minimum Gasteiger partial charge on any atom is -0.468 e. The number of nitrogens with zero attached hydrogens (tertiary/aromatic N) is 2. The molecule has 0 atom stereocenters. The second-order valence-electron chi connectivity index (χ2n) is 3.15. The average molecular weight is 270 g/mol. The van der Waals surface area contributed by atoms with Crippen molar-refractivity contribution in [3.05, 3.63) is 28.7 Å². The third-order valence-electron chi connectivity index (χ3n) is 1.89. The molecule has 0 aliphatic rings. The summed E-state index contributed by atoms with van der Waals surface area (Å²) in [7, 11) is 0. The van der Waals surface area contributed by atoms with E-state index in [-0.39, 0.29) is 5.91 Å². The molecule has 0 bridgehead atoms. The number of hydrogen-bond acceptors (Lipinski definition) is 7. The van der Waals surface area contributed by atoms with Gasteiger partial charge in [-0.15, -0.1) is 10.2 Å². The fourth-order valence-corrected chi connectivity index (χ4v) is 2.83. The lowest BCUT2D eigenvalue weighted by Gasteiger charge is -1.92. The molecule has 0 saturated heterocycles. The Kier molecular flexibility index (Phi) is 3.77. The Bertz CT molecular complexity index is 523. The number of aryl methyl sites for hydroxylation is 1. The summed E-state index contributed by atoms with van der Waals surface area (Å²) >= 11 is 3.04. The number of hydrogen-bond donors (Lipinski definition) is 2. The zero-order valence-electron chi connectivity index (χ0n) is 8.97. The molecule has 2 rings (SSSR count). The van der Waals surface area contributed by atoms with E-state index in [1.807, 2.05) is 12.3 Å². The van der Waals surface area contributed by atoms with Gasteiger partial charge in [0, 0.05) is 0 Å². The summed E-state index contributed by atoms with van der Waals surface area (Å²) in [5.74, 6) is 5.95. The van der Waals surface area contributed by atoms with Gasteiger partial charge in [-0.05, 0) is 13.0 Å². The Hall–Kier alpha value is -1.38. The van der Waals surface area contributed by atoms with Crippen molar-refractivity contribution in [2.75, 3.05) is 0 Å². The van der Waals surface area contributed by atoms with Gasteiger partial charge < -0.3 is 4.42 Å². The Morgan fingerprint density at radius 1 is 1.65 bits per heavy atom. The first-order valence-corrected chi connectivity index (χ1v) is 6.50. The van der Waals surface area contributed by atoms with Crippen molar-refractivity contribution >= 4 is 29.0 Å². The minimum absolute atomic E-state index is 0.364. The maximum absolute atomic E-state index is 11.2. The molecule has 0 radical (unpaired) electrons. The van der Waals surface area contributed by atoms with Crippen molar-refractivity contribution in [3.8, 4) is 0 Å². The molecule has 3 N–H and O–H groups in total. The smallest absolute Gasteiger partial charge is 0.268 e. The van der Waals surface area contributed by atoms with Crippen LogP contribution in [0.3, 0.4) is 0 Å². The molecule has 1 amide bonds. The van der Waals surface area contributed by atoms with Gasteiger partial charge in [-0.25, -0.2) is 5.84 Å². The van der Waals surface area contributed by atoms with Gasteiger partial charge in [0.2, 0.25) is 0 Å². The van der Waals surface area contributed by atoms with Crippen molar-refractivity contribution < 1.29 is 9.21 Å². The van der Waals surface area contributed by atoms with Crippen molar-refractivity contribution in [3.63, 3.8) is 0 Å². The summed E-state index contributed by atoms with van der Waals surface area (Å²) in [6.45, 7) is 1.90. The second-order valence-corrected chi connectivity index (χ2v) is 5.55. The Morgan fingerprint density at radius 2 is 2.47 bits per heavy atom. The third kappa shape index (κ3) is 3.05. The molecule has 2 aromatic rings. The Labute approximate surface area is 106 Å². The molecule has 17 heavy (non-hydrogen) atoms. The van der Waals surface area contributed by atoms with Crippen LogP contribution in [-0.4, -0.2) is 16.1 Å². The van der Waals surface area contributed by atoms with Crippen LogP contribution in [0.15, 0.2) is 21.1 Å². The van der Waals surface area contributed by atoms with Crippen LogP contribution in [0.1, 0.15) is 21.1 Å². The fourth-order valence-electron chi connectivity index (χ4n) is 1.13. The molecule has 2 heterocycles. The van der Waals surface area contributed by atoms with E-state index in [0.717, 1.165) is 9.35 Å². The molecule has 0 saturated carbocycles. The van der Waals surface area contributed by atoms with Gasteiger partial charge in [-0.1, -0.05) is 23.1 Å². The first-order chi connectivity index (χ1) is 8.19. The predicted octanol–water partition coefficient (Wildman–Crippen LogP) is 1.34. The Morgan fingerprint density at radius 3 is 3.12 bits per heavy atom. The highest BCUT2D eigenvalue weighted by Gasteiger charge is 2.10. The number of hydrazine groups is 1. The van der Waals surface area contributed by atoms with Crippen molar-refractivity contribution in [1.82, 2.24) is 15.6 Å². The molecule has 90 valence electrons. The first kappa shape index (κ1) is 12.1. The van der Waals surface area contributed by atoms with Crippen LogP contribution in [0.25, 0.3) is 0 Å². The molecule has 0 fully saturated rings. The van der Waals surface area contributed by atoms with Gasteiger partial charge >= 0.3 is 0 Å². The molecule has 0 spiro atoms. The summed E-state index contributed by atoms with van der Waals surface area (Å²) in [5, 5.41) is 8.82. The van der Waals surface area contributed by atoms with Crippen LogP contribution >= 0.6 is 23.1 Å². The predicted molar refractivity (Wildman–Crippen MR) is 64.6 cm³/mol. The van der Waals surface area contributed by atoms with Crippen molar-refractivity contribution in [2.24, 2.45) is 5.84 Å². The first-order valence-electron chi connectivity index (χ1n) is 4.70. The van der Waals surface area contributed by atoms with Crippen LogP contribution < -0.4 is 11.3 Å². The SMILES string of the molecule is Cc1nnc(SCc2cc(C(=O)NN)co2)s1. The Balaban J connectivity index is 1.95. The van der Waals surface area contributed by atoms with Crippen LogP contribution in [0, 0.1) is 6.92 Å². The second kappa shape index (κ2) is 5.30. The number of rotatable bonds is 4. The number of aromatic nitrogens is 2. The number of amides is 1. The summed E-state index contributed by atoms with van der Waals surface area (Å²) in [6.07, 6.45) is 1.38. The number of thioether (sulfide) groups is 1.